The number of aliphatic carboxylic acids is 3. The standard InChI is InChI=1S/C7H11N3.C6H8O7/c1-4-2-3-5(8)7(10)6(4)9;7-3(8)1-6(13,5(11)12)2-4(9)10/h2-3H,8-10H2,1H3;13H,1-2H2,(H,7,8)(H,9,10)(H,11,12). The van der Waals surface area contributed by atoms with E-state index in [1.54, 1.807) is 6.07 Å². The highest BCUT2D eigenvalue weighted by atomic mass is 16.4. The molecule has 10 nitrogen and oxygen atoms in total. The first-order valence-corrected chi connectivity index (χ1v) is 6.20. The number of aryl methyl sites for hydroxylation is 1. The Hall–Kier alpha value is -3.01. The van der Waals surface area contributed by atoms with E-state index in [0.717, 1.165) is 5.56 Å². The summed E-state index contributed by atoms with van der Waals surface area (Å²) in [6.45, 7) is 1.89. The molecule has 0 fully saturated rings. The fraction of sp³-hybridized carbons (Fsp3) is 0.308. The molecule has 0 bridgehead atoms. The van der Waals surface area contributed by atoms with E-state index in [1.807, 2.05) is 13.0 Å². The third-order valence-corrected chi connectivity index (χ3v) is 2.82. The second-order valence-electron chi connectivity index (χ2n) is 4.78. The van der Waals surface area contributed by atoms with Gasteiger partial charge in [0.25, 0.3) is 0 Å². The largest absolute Gasteiger partial charge is 0.481 e. The quantitative estimate of drug-likeness (QED) is 0.344. The van der Waals surface area contributed by atoms with Gasteiger partial charge in [0.1, 0.15) is 0 Å². The van der Waals surface area contributed by atoms with E-state index in [2.05, 4.69) is 0 Å². The zero-order valence-electron chi connectivity index (χ0n) is 12.3. The minimum absolute atomic E-state index is 0.486. The highest BCUT2D eigenvalue weighted by Gasteiger charge is 2.40. The molecule has 128 valence electrons. The van der Waals surface area contributed by atoms with Gasteiger partial charge in [0, 0.05) is 0 Å². The molecule has 10 heteroatoms. The van der Waals surface area contributed by atoms with Gasteiger partial charge in [-0.3, -0.25) is 9.59 Å². The van der Waals surface area contributed by atoms with Crippen LogP contribution in [0.15, 0.2) is 12.1 Å². The summed E-state index contributed by atoms with van der Waals surface area (Å²) < 4.78 is 0. The Balaban J connectivity index is 0.000000433. The van der Waals surface area contributed by atoms with Crippen LogP contribution < -0.4 is 17.2 Å². The molecule has 1 aromatic rings. The van der Waals surface area contributed by atoms with Gasteiger partial charge in [-0.25, -0.2) is 4.79 Å². The average molecular weight is 329 g/mol. The van der Waals surface area contributed by atoms with Crippen LogP contribution in [0.1, 0.15) is 18.4 Å². The van der Waals surface area contributed by atoms with Crippen molar-refractivity contribution >= 4 is 35.0 Å². The van der Waals surface area contributed by atoms with Gasteiger partial charge in [0.05, 0.1) is 29.9 Å². The summed E-state index contributed by atoms with van der Waals surface area (Å²) in [5.41, 5.74) is 16.4. The van der Waals surface area contributed by atoms with Gasteiger partial charge in [-0.1, -0.05) is 6.07 Å². The number of hydrogen-bond acceptors (Lipinski definition) is 7. The molecule has 0 aromatic heterocycles. The lowest BCUT2D eigenvalue weighted by molar-refractivity contribution is -0.170. The fourth-order valence-electron chi connectivity index (χ4n) is 1.48. The Morgan fingerprint density at radius 2 is 1.39 bits per heavy atom. The van der Waals surface area contributed by atoms with Gasteiger partial charge >= 0.3 is 17.9 Å². The summed E-state index contributed by atoms with van der Waals surface area (Å²) in [5.74, 6) is -5.02. The molecule has 0 aliphatic carbocycles. The van der Waals surface area contributed by atoms with Gasteiger partial charge in [-0.15, -0.1) is 0 Å². The lowest BCUT2D eigenvalue weighted by atomic mass is 9.96. The Labute approximate surface area is 131 Å². The summed E-state index contributed by atoms with van der Waals surface area (Å²) in [7, 11) is 0. The first-order chi connectivity index (χ1) is 10.4. The summed E-state index contributed by atoms with van der Waals surface area (Å²) in [6, 6.07) is 3.60. The number of rotatable bonds is 5. The van der Waals surface area contributed by atoms with Crippen LogP contribution in [0.5, 0.6) is 0 Å². The molecule has 0 aliphatic heterocycles. The molecule has 0 heterocycles. The molecular formula is C13H19N3O7. The smallest absolute Gasteiger partial charge is 0.336 e. The third kappa shape index (κ3) is 6.09. The second kappa shape index (κ2) is 7.84. The Morgan fingerprint density at radius 1 is 0.957 bits per heavy atom. The monoisotopic (exact) mass is 329 g/mol. The molecule has 0 atom stereocenters. The van der Waals surface area contributed by atoms with Crippen molar-refractivity contribution in [3.63, 3.8) is 0 Å². The fourth-order valence-corrected chi connectivity index (χ4v) is 1.48. The van der Waals surface area contributed by atoms with Crippen LogP contribution in [0, 0.1) is 6.92 Å². The summed E-state index contributed by atoms with van der Waals surface area (Å²) in [6.07, 6.45) is -2.29. The highest BCUT2D eigenvalue weighted by Crippen LogP contribution is 2.24. The molecule has 0 spiro atoms. The molecule has 0 saturated carbocycles. The molecule has 1 rings (SSSR count). The van der Waals surface area contributed by atoms with E-state index in [-0.39, 0.29) is 0 Å². The Morgan fingerprint density at radius 3 is 1.70 bits per heavy atom. The van der Waals surface area contributed by atoms with E-state index >= 15 is 0 Å². The number of carboxylic acids is 3. The van der Waals surface area contributed by atoms with Crippen LogP contribution in [-0.2, 0) is 14.4 Å². The van der Waals surface area contributed by atoms with Crippen LogP contribution in [0.2, 0.25) is 0 Å². The zero-order valence-corrected chi connectivity index (χ0v) is 12.3. The van der Waals surface area contributed by atoms with E-state index in [0.29, 0.717) is 17.1 Å². The summed E-state index contributed by atoms with van der Waals surface area (Å²) >= 11 is 0. The van der Waals surface area contributed by atoms with Crippen molar-refractivity contribution in [3.05, 3.63) is 17.7 Å². The highest BCUT2D eigenvalue weighted by molar-refractivity contribution is 5.88. The molecule has 1 aromatic carbocycles. The van der Waals surface area contributed by atoms with E-state index in [1.165, 1.54) is 0 Å². The number of anilines is 3. The van der Waals surface area contributed by atoms with Crippen molar-refractivity contribution in [3.8, 4) is 0 Å². The zero-order chi connectivity index (χ0) is 18.4. The number of carbonyl (C=O) groups is 3. The second-order valence-corrected chi connectivity index (χ2v) is 4.78. The number of nitrogens with two attached hydrogens (primary N) is 3. The van der Waals surface area contributed by atoms with Crippen LogP contribution in [-0.4, -0.2) is 43.9 Å². The molecule has 0 aliphatic rings. The van der Waals surface area contributed by atoms with Crippen molar-refractivity contribution in [1.29, 1.82) is 0 Å². The van der Waals surface area contributed by atoms with Gasteiger partial charge in [-0.05, 0) is 18.6 Å². The Kier molecular flexibility index (Phi) is 6.82. The van der Waals surface area contributed by atoms with Crippen molar-refractivity contribution in [2.75, 3.05) is 17.2 Å². The van der Waals surface area contributed by atoms with Crippen LogP contribution in [0.4, 0.5) is 17.1 Å². The maximum atomic E-state index is 10.3. The molecule has 0 unspecified atom stereocenters. The van der Waals surface area contributed by atoms with Gasteiger partial charge in [0.2, 0.25) is 0 Å². The number of hydrogen-bond donors (Lipinski definition) is 7. The molecule has 0 saturated heterocycles. The number of carboxylic acid groups (broad SMARTS) is 3. The first-order valence-electron chi connectivity index (χ1n) is 6.20. The third-order valence-electron chi connectivity index (χ3n) is 2.82. The lowest BCUT2D eigenvalue weighted by Gasteiger charge is -2.18. The van der Waals surface area contributed by atoms with E-state index < -0.39 is 36.4 Å². The number of benzene rings is 1. The average Bonchev–Trinajstić information content (AvgIpc) is 2.39. The summed E-state index contributed by atoms with van der Waals surface area (Å²) in [4.78, 5) is 30.5. The van der Waals surface area contributed by atoms with Crippen molar-refractivity contribution in [2.45, 2.75) is 25.4 Å². The maximum absolute atomic E-state index is 10.3. The van der Waals surface area contributed by atoms with Gasteiger partial charge < -0.3 is 37.6 Å². The topological polar surface area (TPSA) is 210 Å². The predicted molar refractivity (Wildman–Crippen MR) is 81.5 cm³/mol. The molecule has 0 radical (unpaired) electrons. The molecular weight excluding hydrogens is 310 g/mol. The van der Waals surface area contributed by atoms with E-state index in [9.17, 15) is 14.4 Å². The van der Waals surface area contributed by atoms with Crippen molar-refractivity contribution in [1.82, 2.24) is 0 Å². The summed E-state index contributed by atoms with van der Waals surface area (Å²) in [5, 5.41) is 33.8. The lowest BCUT2D eigenvalue weighted by Crippen LogP contribution is -2.42. The van der Waals surface area contributed by atoms with Crippen LogP contribution in [0.25, 0.3) is 0 Å². The minimum atomic E-state index is -2.74. The van der Waals surface area contributed by atoms with Gasteiger partial charge in [-0.2, -0.15) is 0 Å². The Bertz CT molecular complexity index is 573. The van der Waals surface area contributed by atoms with E-state index in [4.69, 9.17) is 37.6 Å². The number of nitrogen functional groups attached to an aromatic ring is 3. The molecule has 10 N–H and O–H groups in total. The first kappa shape index (κ1) is 20.0. The molecule has 0 amide bonds. The van der Waals surface area contributed by atoms with Crippen molar-refractivity contribution < 1.29 is 34.8 Å². The predicted octanol–water partition coefficient (Wildman–Crippen LogP) is -0.507. The SMILES string of the molecule is Cc1ccc(N)c(N)c1N.O=C(O)CC(O)(CC(=O)O)C(=O)O. The van der Waals surface area contributed by atoms with Crippen LogP contribution >= 0.6 is 0 Å². The van der Waals surface area contributed by atoms with Crippen molar-refractivity contribution in [2.24, 2.45) is 0 Å². The normalized spacial score (nSPS) is 10.3. The molecule has 23 heavy (non-hydrogen) atoms. The van der Waals surface area contributed by atoms with Gasteiger partial charge in [0.15, 0.2) is 5.60 Å². The van der Waals surface area contributed by atoms with Crippen LogP contribution in [0.3, 0.4) is 0 Å². The maximum Gasteiger partial charge on any atom is 0.336 e. The number of aliphatic hydroxyl groups is 1. The minimum Gasteiger partial charge on any atom is -0.481 e.